The minimum atomic E-state index is -3.90. The molecular formula is C13H17N3O5S. The smallest absolute Gasteiger partial charge is 0.320 e. The summed E-state index contributed by atoms with van der Waals surface area (Å²) in [7, 11) is -2.27. The van der Waals surface area contributed by atoms with Crippen molar-refractivity contribution in [1.82, 2.24) is 10.0 Å². The molecule has 1 aliphatic carbocycles. The number of hydrogen-bond acceptors (Lipinski definition) is 5. The predicted octanol–water partition coefficient (Wildman–Crippen LogP) is 0.0331. The van der Waals surface area contributed by atoms with Crippen molar-refractivity contribution in [2.45, 2.75) is 18.9 Å². The Balaban J connectivity index is 2.31. The molecule has 4 N–H and O–H groups in total. The number of carbonyl (C=O) groups is 1. The number of carboxylic acid groups (broad SMARTS) is 1. The third-order valence-electron chi connectivity index (χ3n) is 3.50. The average molecular weight is 327 g/mol. The summed E-state index contributed by atoms with van der Waals surface area (Å²) in [6.07, 6.45) is 1.13. The maximum absolute atomic E-state index is 11.8. The molecule has 0 spiro atoms. The molecular weight excluding hydrogens is 310 g/mol. The van der Waals surface area contributed by atoms with Crippen molar-refractivity contribution in [2.24, 2.45) is 5.16 Å². The van der Waals surface area contributed by atoms with Gasteiger partial charge in [-0.3, -0.25) is 4.79 Å². The third-order valence-corrected chi connectivity index (χ3v) is 4.77. The van der Waals surface area contributed by atoms with Gasteiger partial charge < -0.3 is 15.6 Å². The van der Waals surface area contributed by atoms with Gasteiger partial charge in [-0.15, -0.1) is 0 Å². The second-order valence-corrected chi connectivity index (χ2v) is 6.69. The minimum Gasteiger partial charge on any atom is -0.480 e. The zero-order valence-corrected chi connectivity index (χ0v) is 12.7. The van der Waals surface area contributed by atoms with E-state index in [1.165, 1.54) is 0 Å². The van der Waals surface area contributed by atoms with Crippen LogP contribution in [0.25, 0.3) is 0 Å². The number of rotatable bonds is 5. The fourth-order valence-electron chi connectivity index (χ4n) is 2.66. The third kappa shape index (κ3) is 3.37. The lowest BCUT2D eigenvalue weighted by atomic mass is 10.0. The first-order valence-corrected chi connectivity index (χ1v) is 8.27. The highest BCUT2D eigenvalue weighted by molar-refractivity contribution is 7.90. The molecule has 1 aromatic rings. The molecule has 8 nitrogen and oxygen atoms in total. The van der Waals surface area contributed by atoms with Gasteiger partial charge in [0.1, 0.15) is 0 Å². The van der Waals surface area contributed by atoms with Crippen LogP contribution in [0.1, 0.15) is 29.2 Å². The van der Waals surface area contributed by atoms with Crippen LogP contribution in [-0.2, 0) is 21.2 Å². The van der Waals surface area contributed by atoms with Crippen molar-refractivity contribution >= 4 is 21.8 Å². The van der Waals surface area contributed by atoms with Crippen LogP contribution in [-0.4, -0.2) is 43.3 Å². The number of benzene rings is 1. The van der Waals surface area contributed by atoms with Gasteiger partial charge in [0.05, 0.1) is 0 Å². The van der Waals surface area contributed by atoms with E-state index in [4.69, 9.17) is 10.3 Å². The Morgan fingerprint density at radius 1 is 1.45 bits per heavy atom. The SMILES string of the molecule is CN/C(=N\O)c1cccc2c1CC[C@@H]2NS(=O)(=O)CC(=O)O. The van der Waals surface area contributed by atoms with Crippen LogP contribution < -0.4 is 10.0 Å². The lowest BCUT2D eigenvalue weighted by Gasteiger charge is -2.14. The Bertz CT molecular complexity index is 714. The molecule has 1 aliphatic rings. The maximum atomic E-state index is 11.8. The predicted molar refractivity (Wildman–Crippen MR) is 79.4 cm³/mol. The van der Waals surface area contributed by atoms with Crippen molar-refractivity contribution in [2.75, 3.05) is 12.8 Å². The van der Waals surface area contributed by atoms with Crippen LogP contribution in [0.5, 0.6) is 0 Å². The molecule has 1 aromatic carbocycles. The van der Waals surface area contributed by atoms with Crippen LogP contribution in [0, 0.1) is 0 Å². The molecule has 22 heavy (non-hydrogen) atoms. The quantitative estimate of drug-likeness (QED) is 0.261. The number of amidine groups is 1. The number of nitrogens with one attached hydrogen (secondary N) is 2. The van der Waals surface area contributed by atoms with Crippen molar-refractivity contribution in [3.05, 3.63) is 34.9 Å². The molecule has 0 aromatic heterocycles. The summed E-state index contributed by atoms with van der Waals surface area (Å²) in [5.74, 6) is -2.06. The van der Waals surface area contributed by atoms with E-state index in [9.17, 15) is 13.2 Å². The summed E-state index contributed by atoms with van der Waals surface area (Å²) in [4.78, 5) is 10.6. The average Bonchev–Trinajstić information content (AvgIpc) is 2.82. The highest BCUT2D eigenvalue weighted by Crippen LogP contribution is 2.33. The summed E-state index contributed by atoms with van der Waals surface area (Å²) in [6.45, 7) is 0. The van der Waals surface area contributed by atoms with Gasteiger partial charge in [0, 0.05) is 18.7 Å². The first-order valence-electron chi connectivity index (χ1n) is 6.61. The van der Waals surface area contributed by atoms with Crippen molar-refractivity contribution in [3.63, 3.8) is 0 Å². The number of hydrogen-bond donors (Lipinski definition) is 4. The molecule has 0 heterocycles. The number of nitrogens with zero attached hydrogens (tertiary/aromatic N) is 1. The van der Waals surface area contributed by atoms with E-state index in [1.54, 1.807) is 25.2 Å². The molecule has 2 rings (SSSR count). The molecule has 0 radical (unpaired) electrons. The summed E-state index contributed by atoms with van der Waals surface area (Å²) >= 11 is 0. The monoisotopic (exact) mass is 327 g/mol. The van der Waals surface area contributed by atoms with E-state index in [1.807, 2.05) is 0 Å². The van der Waals surface area contributed by atoms with Gasteiger partial charge >= 0.3 is 5.97 Å². The maximum Gasteiger partial charge on any atom is 0.320 e. The highest BCUT2D eigenvalue weighted by atomic mass is 32.2. The summed E-state index contributed by atoms with van der Waals surface area (Å²) < 4.78 is 26.0. The lowest BCUT2D eigenvalue weighted by molar-refractivity contribution is -0.134. The van der Waals surface area contributed by atoms with Gasteiger partial charge in [0.15, 0.2) is 11.6 Å². The molecule has 0 aliphatic heterocycles. The molecule has 0 unspecified atom stereocenters. The number of sulfonamides is 1. The van der Waals surface area contributed by atoms with Gasteiger partial charge in [-0.2, -0.15) is 0 Å². The van der Waals surface area contributed by atoms with Crippen molar-refractivity contribution < 1.29 is 23.5 Å². The molecule has 0 bridgehead atoms. The fourth-order valence-corrected chi connectivity index (χ4v) is 3.74. The number of aliphatic carboxylic acids is 1. The molecule has 120 valence electrons. The Hall–Kier alpha value is -2.13. The van der Waals surface area contributed by atoms with Crippen LogP contribution in [0.15, 0.2) is 23.4 Å². The van der Waals surface area contributed by atoms with Gasteiger partial charge in [-0.05, 0) is 24.0 Å². The molecule has 1 atom stereocenters. The molecule has 0 saturated heterocycles. The van der Waals surface area contributed by atoms with Crippen molar-refractivity contribution in [3.8, 4) is 0 Å². The van der Waals surface area contributed by atoms with E-state index in [-0.39, 0.29) is 0 Å². The Morgan fingerprint density at radius 2 is 2.18 bits per heavy atom. The van der Waals surface area contributed by atoms with Crippen LogP contribution in [0.2, 0.25) is 0 Å². The van der Waals surface area contributed by atoms with Gasteiger partial charge in [0.25, 0.3) is 0 Å². The molecule has 0 fully saturated rings. The second kappa shape index (κ2) is 6.32. The fraction of sp³-hybridized carbons (Fsp3) is 0.385. The van der Waals surface area contributed by atoms with Gasteiger partial charge in [-0.25, -0.2) is 13.1 Å². The molecule has 9 heteroatoms. The summed E-state index contributed by atoms with van der Waals surface area (Å²) in [5.41, 5.74) is 2.35. The number of oxime groups is 1. The van der Waals surface area contributed by atoms with E-state index in [0.29, 0.717) is 24.2 Å². The second-order valence-electron chi connectivity index (χ2n) is 4.93. The molecule has 0 saturated carbocycles. The van der Waals surface area contributed by atoms with Crippen LogP contribution in [0.3, 0.4) is 0 Å². The summed E-state index contributed by atoms with van der Waals surface area (Å²) in [5, 5.41) is 23.6. The van der Waals surface area contributed by atoms with Gasteiger partial charge in [-0.1, -0.05) is 23.4 Å². The number of carboxylic acids is 1. The zero-order valence-electron chi connectivity index (χ0n) is 11.9. The molecule has 0 amide bonds. The normalized spacial score (nSPS) is 18.0. The topological polar surface area (TPSA) is 128 Å². The van der Waals surface area contributed by atoms with E-state index >= 15 is 0 Å². The standard InChI is InChI=1S/C13H17N3O5S/c1-14-13(15-19)10-4-2-3-9-8(10)5-6-11(9)16-22(20,21)7-12(17)18/h2-4,11,16,19H,5-7H2,1H3,(H,14,15)(H,17,18)/t11-/m0/s1. The van der Waals surface area contributed by atoms with Crippen LogP contribution in [0.4, 0.5) is 0 Å². The highest BCUT2D eigenvalue weighted by Gasteiger charge is 2.29. The Morgan fingerprint density at radius 3 is 2.77 bits per heavy atom. The first-order chi connectivity index (χ1) is 10.4. The zero-order chi connectivity index (χ0) is 16.3. The van der Waals surface area contributed by atoms with Crippen molar-refractivity contribution in [1.29, 1.82) is 0 Å². The Kier molecular flexibility index (Phi) is 4.67. The summed E-state index contributed by atoms with van der Waals surface area (Å²) in [6, 6.07) is 4.82. The van der Waals surface area contributed by atoms with Crippen LogP contribution >= 0.6 is 0 Å². The lowest BCUT2D eigenvalue weighted by Crippen LogP contribution is -2.32. The first kappa shape index (κ1) is 16.2. The van der Waals surface area contributed by atoms with E-state index < -0.39 is 27.8 Å². The Labute approximate surface area is 127 Å². The number of fused-ring (bicyclic) bond motifs is 1. The minimum absolute atomic E-state index is 0.297. The largest absolute Gasteiger partial charge is 0.480 e. The van der Waals surface area contributed by atoms with E-state index in [2.05, 4.69) is 15.2 Å². The van der Waals surface area contributed by atoms with Gasteiger partial charge in [0.2, 0.25) is 10.0 Å². The van der Waals surface area contributed by atoms with E-state index in [0.717, 1.165) is 11.1 Å².